The fourth-order valence-corrected chi connectivity index (χ4v) is 2.02. The maximum absolute atomic E-state index is 11.1. The van der Waals surface area contributed by atoms with Crippen LogP contribution >= 0.6 is 0 Å². The normalized spacial score (nSPS) is 17.8. The molecule has 4 heteroatoms. The van der Waals surface area contributed by atoms with Crippen LogP contribution in [0.1, 0.15) is 33.1 Å². The first-order valence-corrected chi connectivity index (χ1v) is 6.30. The molecular formula is C12H24N2O2. The Hall–Kier alpha value is -0.610. The Morgan fingerprint density at radius 3 is 2.69 bits per heavy atom. The third kappa shape index (κ3) is 4.94. The number of hydrogen-bond donors (Lipinski definition) is 1. The zero-order valence-electron chi connectivity index (χ0n) is 10.5. The summed E-state index contributed by atoms with van der Waals surface area (Å²) < 4.78 is 5.28. The lowest BCUT2D eigenvalue weighted by Crippen LogP contribution is -2.44. The SMILES string of the molecule is CCOCCCNC1CCN(C(C)=O)CC1. The van der Waals surface area contributed by atoms with Gasteiger partial charge in [0.05, 0.1) is 0 Å². The summed E-state index contributed by atoms with van der Waals surface area (Å²) in [7, 11) is 0. The van der Waals surface area contributed by atoms with Crippen LogP contribution in [-0.2, 0) is 9.53 Å². The van der Waals surface area contributed by atoms with Gasteiger partial charge in [0.25, 0.3) is 0 Å². The number of carbonyl (C=O) groups is 1. The summed E-state index contributed by atoms with van der Waals surface area (Å²) in [5.41, 5.74) is 0. The second-order valence-electron chi connectivity index (χ2n) is 4.28. The molecule has 0 bridgehead atoms. The molecule has 1 amide bonds. The van der Waals surface area contributed by atoms with E-state index in [1.807, 2.05) is 11.8 Å². The highest BCUT2D eigenvalue weighted by molar-refractivity contribution is 5.73. The second-order valence-corrected chi connectivity index (χ2v) is 4.28. The van der Waals surface area contributed by atoms with E-state index >= 15 is 0 Å². The molecule has 1 fully saturated rings. The van der Waals surface area contributed by atoms with Crippen molar-refractivity contribution in [2.24, 2.45) is 0 Å². The summed E-state index contributed by atoms with van der Waals surface area (Å²) in [6.07, 6.45) is 3.23. The Balaban J connectivity index is 2.02. The number of hydrogen-bond acceptors (Lipinski definition) is 3. The van der Waals surface area contributed by atoms with Crippen LogP contribution in [0, 0.1) is 0 Å². The van der Waals surface area contributed by atoms with Gasteiger partial charge >= 0.3 is 0 Å². The van der Waals surface area contributed by atoms with Gasteiger partial charge in [0, 0.05) is 39.3 Å². The molecule has 0 aromatic rings. The maximum Gasteiger partial charge on any atom is 0.219 e. The Morgan fingerprint density at radius 2 is 2.12 bits per heavy atom. The summed E-state index contributed by atoms with van der Waals surface area (Å²) in [5, 5.41) is 3.52. The monoisotopic (exact) mass is 228 g/mol. The quantitative estimate of drug-likeness (QED) is 0.690. The molecule has 94 valence electrons. The Kier molecular flexibility index (Phi) is 6.42. The molecule has 1 aliphatic rings. The highest BCUT2D eigenvalue weighted by Gasteiger charge is 2.19. The lowest BCUT2D eigenvalue weighted by Gasteiger charge is -2.31. The molecule has 4 nitrogen and oxygen atoms in total. The van der Waals surface area contributed by atoms with Crippen LogP contribution in [0.25, 0.3) is 0 Å². The number of nitrogens with zero attached hydrogens (tertiary/aromatic N) is 1. The van der Waals surface area contributed by atoms with Crippen molar-refractivity contribution in [1.29, 1.82) is 0 Å². The van der Waals surface area contributed by atoms with Crippen molar-refractivity contribution < 1.29 is 9.53 Å². The third-order valence-corrected chi connectivity index (χ3v) is 3.04. The number of nitrogens with one attached hydrogen (secondary N) is 1. The van der Waals surface area contributed by atoms with Crippen LogP contribution in [0.3, 0.4) is 0 Å². The predicted octanol–water partition coefficient (Wildman–Crippen LogP) is 1.01. The molecule has 1 aliphatic heterocycles. The second kappa shape index (κ2) is 7.63. The average Bonchev–Trinajstić information content (AvgIpc) is 2.29. The fraction of sp³-hybridized carbons (Fsp3) is 0.917. The number of amides is 1. The fourth-order valence-electron chi connectivity index (χ4n) is 2.02. The van der Waals surface area contributed by atoms with E-state index in [0.29, 0.717) is 6.04 Å². The lowest BCUT2D eigenvalue weighted by molar-refractivity contribution is -0.129. The average molecular weight is 228 g/mol. The molecule has 1 rings (SSSR count). The number of likely N-dealkylation sites (tertiary alicyclic amines) is 1. The van der Waals surface area contributed by atoms with E-state index < -0.39 is 0 Å². The molecule has 16 heavy (non-hydrogen) atoms. The Morgan fingerprint density at radius 1 is 1.44 bits per heavy atom. The van der Waals surface area contributed by atoms with Crippen molar-refractivity contribution in [2.75, 3.05) is 32.8 Å². The number of carbonyl (C=O) groups excluding carboxylic acids is 1. The van der Waals surface area contributed by atoms with Crippen LogP contribution in [0.2, 0.25) is 0 Å². The van der Waals surface area contributed by atoms with Crippen molar-refractivity contribution in [3.05, 3.63) is 0 Å². The van der Waals surface area contributed by atoms with Crippen LogP contribution in [-0.4, -0.2) is 49.7 Å². The van der Waals surface area contributed by atoms with Gasteiger partial charge in [0.1, 0.15) is 0 Å². The van der Waals surface area contributed by atoms with Gasteiger partial charge < -0.3 is 15.0 Å². The van der Waals surface area contributed by atoms with Gasteiger partial charge in [-0.25, -0.2) is 0 Å². The van der Waals surface area contributed by atoms with Crippen LogP contribution in [0.5, 0.6) is 0 Å². The smallest absolute Gasteiger partial charge is 0.219 e. The van der Waals surface area contributed by atoms with E-state index in [4.69, 9.17) is 4.74 Å². The number of rotatable bonds is 6. The van der Waals surface area contributed by atoms with Gasteiger partial charge in [-0.1, -0.05) is 0 Å². The first-order valence-electron chi connectivity index (χ1n) is 6.30. The van der Waals surface area contributed by atoms with Crippen molar-refractivity contribution in [3.8, 4) is 0 Å². The summed E-state index contributed by atoms with van der Waals surface area (Å²) >= 11 is 0. The minimum Gasteiger partial charge on any atom is -0.382 e. The number of ether oxygens (including phenoxy) is 1. The van der Waals surface area contributed by atoms with E-state index in [1.54, 1.807) is 6.92 Å². The largest absolute Gasteiger partial charge is 0.382 e. The van der Waals surface area contributed by atoms with Crippen molar-refractivity contribution in [1.82, 2.24) is 10.2 Å². The van der Waals surface area contributed by atoms with Gasteiger partial charge in [-0.15, -0.1) is 0 Å². The molecule has 1 N–H and O–H groups in total. The summed E-state index contributed by atoms with van der Waals surface area (Å²) in [6.45, 7) is 8.13. The van der Waals surface area contributed by atoms with E-state index in [-0.39, 0.29) is 5.91 Å². The van der Waals surface area contributed by atoms with E-state index in [2.05, 4.69) is 5.32 Å². The van der Waals surface area contributed by atoms with E-state index in [1.165, 1.54) is 0 Å². The maximum atomic E-state index is 11.1. The molecule has 0 spiro atoms. The highest BCUT2D eigenvalue weighted by Crippen LogP contribution is 2.10. The molecule has 0 aliphatic carbocycles. The van der Waals surface area contributed by atoms with Crippen molar-refractivity contribution >= 4 is 5.91 Å². The summed E-state index contributed by atoms with van der Waals surface area (Å²) in [6, 6.07) is 0.581. The minimum atomic E-state index is 0.204. The summed E-state index contributed by atoms with van der Waals surface area (Å²) in [4.78, 5) is 13.1. The minimum absolute atomic E-state index is 0.204. The zero-order chi connectivity index (χ0) is 11.8. The van der Waals surface area contributed by atoms with E-state index in [0.717, 1.165) is 52.1 Å². The first kappa shape index (κ1) is 13.5. The van der Waals surface area contributed by atoms with E-state index in [9.17, 15) is 4.79 Å². The van der Waals surface area contributed by atoms with Crippen LogP contribution in [0.4, 0.5) is 0 Å². The molecular weight excluding hydrogens is 204 g/mol. The van der Waals surface area contributed by atoms with Gasteiger partial charge in [-0.2, -0.15) is 0 Å². The van der Waals surface area contributed by atoms with Gasteiger partial charge in [0.15, 0.2) is 0 Å². The van der Waals surface area contributed by atoms with Gasteiger partial charge in [0.2, 0.25) is 5.91 Å². The Bertz CT molecular complexity index is 201. The zero-order valence-corrected chi connectivity index (χ0v) is 10.5. The summed E-state index contributed by atoms with van der Waals surface area (Å²) in [5.74, 6) is 0.204. The standard InChI is InChI=1S/C12H24N2O2/c1-3-16-10-4-7-13-12-5-8-14(9-6-12)11(2)15/h12-13H,3-10H2,1-2H3. The van der Waals surface area contributed by atoms with Crippen molar-refractivity contribution in [3.63, 3.8) is 0 Å². The molecule has 0 unspecified atom stereocenters. The molecule has 0 saturated carbocycles. The highest BCUT2D eigenvalue weighted by atomic mass is 16.5. The molecule has 0 radical (unpaired) electrons. The number of piperidine rings is 1. The topological polar surface area (TPSA) is 41.6 Å². The van der Waals surface area contributed by atoms with Gasteiger partial charge in [-0.05, 0) is 32.7 Å². The molecule has 1 heterocycles. The molecule has 1 saturated heterocycles. The van der Waals surface area contributed by atoms with Crippen LogP contribution in [0.15, 0.2) is 0 Å². The molecule has 0 aromatic heterocycles. The predicted molar refractivity (Wildman–Crippen MR) is 64.4 cm³/mol. The van der Waals surface area contributed by atoms with Crippen LogP contribution < -0.4 is 5.32 Å². The lowest BCUT2D eigenvalue weighted by atomic mass is 10.1. The first-order chi connectivity index (χ1) is 7.74. The Labute approximate surface area is 98.3 Å². The third-order valence-electron chi connectivity index (χ3n) is 3.04. The van der Waals surface area contributed by atoms with Gasteiger partial charge in [-0.3, -0.25) is 4.79 Å². The van der Waals surface area contributed by atoms with Crippen molar-refractivity contribution in [2.45, 2.75) is 39.2 Å². The molecule has 0 atom stereocenters. The molecule has 0 aromatic carbocycles.